The first-order chi connectivity index (χ1) is 11.2. The Morgan fingerprint density at radius 3 is 2.71 bits per heavy atom. The van der Waals surface area contributed by atoms with E-state index < -0.39 is 11.0 Å². The molecule has 2 bridgehead atoms. The Hall–Kier alpha value is -1.42. The van der Waals surface area contributed by atoms with Crippen LogP contribution < -0.4 is 0 Å². The third kappa shape index (κ3) is 1.83. The zero-order valence-corrected chi connectivity index (χ0v) is 14.7. The van der Waals surface area contributed by atoms with Gasteiger partial charge in [0.1, 0.15) is 5.60 Å². The fraction of sp³-hybridized carbons (Fsp3) is 0.700. The van der Waals surface area contributed by atoms with Gasteiger partial charge in [0.25, 0.3) is 0 Å². The van der Waals surface area contributed by atoms with Crippen molar-refractivity contribution >= 4 is 11.8 Å². The fourth-order valence-corrected chi connectivity index (χ4v) is 5.80. The third-order valence-corrected chi connectivity index (χ3v) is 6.99. The first kappa shape index (κ1) is 16.1. The average molecular weight is 330 g/mol. The van der Waals surface area contributed by atoms with Crippen molar-refractivity contribution < 1.29 is 19.4 Å². The van der Waals surface area contributed by atoms with Crippen LogP contribution in [0.1, 0.15) is 52.9 Å². The van der Waals surface area contributed by atoms with Crippen LogP contribution in [0.4, 0.5) is 0 Å². The lowest BCUT2D eigenvalue weighted by Crippen LogP contribution is -2.63. The molecule has 1 heterocycles. The van der Waals surface area contributed by atoms with E-state index >= 15 is 0 Å². The summed E-state index contributed by atoms with van der Waals surface area (Å²) in [5.41, 5.74) is -0.777. The molecule has 130 valence electrons. The van der Waals surface area contributed by atoms with Crippen molar-refractivity contribution in [1.29, 1.82) is 0 Å². The third-order valence-electron chi connectivity index (χ3n) is 6.99. The van der Waals surface area contributed by atoms with E-state index in [1.165, 1.54) is 0 Å². The highest BCUT2D eigenvalue weighted by molar-refractivity contribution is 6.07. The number of ether oxygens (including phenoxy) is 1. The van der Waals surface area contributed by atoms with Crippen LogP contribution in [0, 0.1) is 22.7 Å². The number of aliphatic hydroxyl groups is 1. The van der Waals surface area contributed by atoms with Gasteiger partial charge in [-0.05, 0) is 55.2 Å². The van der Waals surface area contributed by atoms with E-state index in [4.69, 9.17) is 4.74 Å². The molecule has 1 saturated heterocycles. The van der Waals surface area contributed by atoms with Crippen LogP contribution in [-0.4, -0.2) is 29.1 Å². The first-order valence-corrected chi connectivity index (χ1v) is 9.12. The standard InChI is InChI=1S/C20H26O4/c1-12(2)13-10-19(23)8-5-15-18(3)6-4-7-20(15,17(22)24-11-18)16(19)9-14(13)21/h9-10,12,15,23H,4-8,11H2,1-3H3. The zero-order valence-electron chi connectivity index (χ0n) is 14.7. The van der Waals surface area contributed by atoms with E-state index in [1.54, 1.807) is 12.2 Å². The van der Waals surface area contributed by atoms with E-state index in [0.717, 1.165) is 19.3 Å². The van der Waals surface area contributed by atoms with Crippen molar-refractivity contribution in [3.63, 3.8) is 0 Å². The van der Waals surface area contributed by atoms with Crippen LogP contribution in [-0.2, 0) is 14.3 Å². The summed E-state index contributed by atoms with van der Waals surface area (Å²) in [6.45, 7) is 6.58. The lowest BCUT2D eigenvalue weighted by atomic mass is 9.45. The summed E-state index contributed by atoms with van der Waals surface area (Å²) >= 11 is 0. The number of ketones is 1. The van der Waals surface area contributed by atoms with Gasteiger partial charge in [0.05, 0.1) is 12.0 Å². The molecular formula is C20H26O4. The molecule has 1 N–H and O–H groups in total. The molecule has 2 saturated carbocycles. The number of fused-ring (bicyclic) bond motifs is 1. The van der Waals surface area contributed by atoms with Crippen LogP contribution >= 0.6 is 0 Å². The largest absolute Gasteiger partial charge is 0.464 e. The molecule has 4 unspecified atom stereocenters. The lowest BCUT2D eigenvalue weighted by Gasteiger charge is -2.61. The summed E-state index contributed by atoms with van der Waals surface area (Å²) in [7, 11) is 0. The van der Waals surface area contributed by atoms with Crippen LogP contribution in [0.3, 0.4) is 0 Å². The van der Waals surface area contributed by atoms with Crippen molar-refractivity contribution in [2.24, 2.45) is 22.7 Å². The van der Waals surface area contributed by atoms with E-state index in [1.807, 2.05) is 13.8 Å². The van der Waals surface area contributed by atoms with Crippen molar-refractivity contribution in [3.8, 4) is 0 Å². The fourth-order valence-electron chi connectivity index (χ4n) is 5.80. The maximum Gasteiger partial charge on any atom is 0.316 e. The van der Waals surface area contributed by atoms with Crippen LogP contribution in [0.2, 0.25) is 0 Å². The second-order valence-corrected chi connectivity index (χ2v) is 8.75. The second kappa shape index (κ2) is 4.81. The van der Waals surface area contributed by atoms with Gasteiger partial charge in [-0.1, -0.05) is 27.2 Å². The number of carbonyl (C=O) groups excluding carboxylic acids is 2. The highest BCUT2D eigenvalue weighted by Crippen LogP contribution is 2.65. The normalized spacial score (nSPS) is 44.3. The summed E-state index contributed by atoms with van der Waals surface area (Å²) in [5, 5.41) is 11.4. The van der Waals surface area contributed by atoms with Gasteiger partial charge in [0.2, 0.25) is 0 Å². The summed E-state index contributed by atoms with van der Waals surface area (Å²) in [6.07, 6.45) is 7.34. The van der Waals surface area contributed by atoms with Gasteiger partial charge in [-0.15, -0.1) is 0 Å². The molecule has 3 aliphatic carbocycles. The van der Waals surface area contributed by atoms with Gasteiger partial charge in [-0.3, -0.25) is 9.59 Å². The molecular weight excluding hydrogens is 304 g/mol. The minimum absolute atomic E-state index is 0.0422. The summed E-state index contributed by atoms with van der Waals surface area (Å²) in [6, 6.07) is 0. The zero-order chi connectivity index (χ0) is 17.3. The SMILES string of the molecule is CC(C)C1=CC2(O)CCC3C4(C)CCCC3(C(=O)OC4)C2=CC1=O. The number of allylic oxidation sites excluding steroid dienone is 2. The Balaban J connectivity index is 1.89. The molecule has 4 heteroatoms. The van der Waals surface area contributed by atoms with E-state index in [9.17, 15) is 14.7 Å². The first-order valence-electron chi connectivity index (χ1n) is 9.12. The van der Waals surface area contributed by atoms with Gasteiger partial charge < -0.3 is 9.84 Å². The molecule has 3 fully saturated rings. The van der Waals surface area contributed by atoms with Crippen molar-refractivity contribution in [1.82, 2.24) is 0 Å². The summed E-state index contributed by atoms with van der Waals surface area (Å²) in [5.74, 6) is -0.0774. The maximum atomic E-state index is 12.9. The molecule has 4 aliphatic rings. The van der Waals surface area contributed by atoms with Crippen LogP contribution in [0.25, 0.3) is 0 Å². The van der Waals surface area contributed by atoms with Gasteiger partial charge in [-0.2, -0.15) is 0 Å². The highest BCUT2D eigenvalue weighted by atomic mass is 16.5. The number of hydrogen-bond acceptors (Lipinski definition) is 4. The molecule has 0 amide bonds. The van der Waals surface area contributed by atoms with Crippen LogP contribution in [0.5, 0.6) is 0 Å². The lowest BCUT2D eigenvalue weighted by molar-refractivity contribution is -0.199. The van der Waals surface area contributed by atoms with E-state index in [-0.39, 0.29) is 29.0 Å². The Morgan fingerprint density at radius 1 is 1.25 bits per heavy atom. The van der Waals surface area contributed by atoms with Gasteiger partial charge in [-0.25, -0.2) is 0 Å². The topological polar surface area (TPSA) is 63.6 Å². The number of carbonyl (C=O) groups is 2. The maximum absolute atomic E-state index is 12.9. The molecule has 4 nitrogen and oxygen atoms in total. The predicted molar refractivity (Wildman–Crippen MR) is 89.0 cm³/mol. The van der Waals surface area contributed by atoms with E-state index in [2.05, 4.69) is 6.92 Å². The van der Waals surface area contributed by atoms with Crippen LogP contribution in [0.15, 0.2) is 23.3 Å². The highest BCUT2D eigenvalue weighted by Gasteiger charge is 2.67. The smallest absolute Gasteiger partial charge is 0.316 e. The molecule has 0 spiro atoms. The number of rotatable bonds is 1. The van der Waals surface area contributed by atoms with Gasteiger partial charge in [0.15, 0.2) is 5.78 Å². The molecule has 0 aromatic rings. The molecule has 4 atom stereocenters. The minimum atomic E-state index is -1.18. The Kier molecular flexibility index (Phi) is 3.22. The Morgan fingerprint density at radius 2 is 2.00 bits per heavy atom. The number of hydrogen-bond donors (Lipinski definition) is 1. The predicted octanol–water partition coefficient (Wildman–Crippen LogP) is 2.95. The Labute approximate surface area is 143 Å². The second-order valence-electron chi connectivity index (χ2n) is 8.75. The summed E-state index contributed by atoms with van der Waals surface area (Å²) < 4.78 is 5.59. The average Bonchev–Trinajstić information content (AvgIpc) is 2.51. The molecule has 24 heavy (non-hydrogen) atoms. The van der Waals surface area contributed by atoms with Crippen molar-refractivity contribution in [3.05, 3.63) is 23.3 Å². The number of cyclic esters (lactones) is 1. The quantitative estimate of drug-likeness (QED) is 0.751. The van der Waals surface area contributed by atoms with E-state index in [0.29, 0.717) is 30.6 Å². The summed E-state index contributed by atoms with van der Waals surface area (Å²) in [4.78, 5) is 25.6. The minimum Gasteiger partial charge on any atom is -0.464 e. The van der Waals surface area contributed by atoms with Crippen molar-refractivity contribution in [2.45, 2.75) is 58.5 Å². The number of esters is 1. The van der Waals surface area contributed by atoms with Crippen molar-refractivity contribution in [2.75, 3.05) is 6.61 Å². The van der Waals surface area contributed by atoms with Gasteiger partial charge >= 0.3 is 5.97 Å². The van der Waals surface area contributed by atoms with Gasteiger partial charge in [0, 0.05) is 11.0 Å². The molecule has 4 rings (SSSR count). The Bertz CT molecular complexity index is 688. The molecule has 0 radical (unpaired) electrons. The molecule has 0 aromatic carbocycles. The monoisotopic (exact) mass is 330 g/mol. The molecule has 1 aliphatic heterocycles. The molecule has 0 aromatic heterocycles.